The van der Waals surface area contributed by atoms with Gasteiger partial charge in [-0.25, -0.2) is 4.39 Å². The highest BCUT2D eigenvalue weighted by Gasteiger charge is 2.16. The van der Waals surface area contributed by atoms with E-state index in [1.54, 1.807) is 24.8 Å². The lowest BCUT2D eigenvalue weighted by atomic mass is 10.0. The predicted octanol–water partition coefficient (Wildman–Crippen LogP) is 7.79. The Morgan fingerprint density at radius 3 is 2.61 bits per heavy atom. The maximum absolute atomic E-state index is 14.7. The summed E-state index contributed by atoms with van der Waals surface area (Å²) in [5.41, 5.74) is 8.91. The van der Waals surface area contributed by atoms with E-state index in [1.807, 2.05) is 36.6 Å². The molecule has 5 heterocycles. The molecule has 0 fully saturated rings. The van der Waals surface area contributed by atoms with Gasteiger partial charge < -0.3 is 10.3 Å². The average molecular weight is 607 g/mol. The number of halogens is 1. The van der Waals surface area contributed by atoms with Gasteiger partial charge in [0.2, 0.25) is 0 Å². The zero-order chi connectivity index (χ0) is 30.8. The molecule has 0 bridgehead atoms. The van der Waals surface area contributed by atoms with Gasteiger partial charge in [-0.05, 0) is 67.1 Å². The van der Waals surface area contributed by atoms with Crippen LogP contribution in [0.1, 0.15) is 31.7 Å². The normalized spacial score (nSPS) is 11.8. The first-order valence-corrected chi connectivity index (χ1v) is 16.8. The molecule has 0 aliphatic carbocycles. The van der Waals surface area contributed by atoms with E-state index in [4.69, 9.17) is 0 Å². The molecule has 0 aliphatic rings. The largest absolute Gasteiger partial charge is 0.358 e. The van der Waals surface area contributed by atoms with E-state index in [-0.39, 0.29) is 5.82 Å². The summed E-state index contributed by atoms with van der Waals surface area (Å²) in [6, 6.07) is 12.9. The Labute approximate surface area is 256 Å². The fraction of sp³-hybridized carbons (Fsp3) is 0.176. The molecule has 0 spiro atoms. The Balaban J connectivity index is 1.35. The molecule has 4 N–H and O–H groups in total. The average Bonchev–Trinajstić information content (AvgIpc) is 3.62. The van der Waals surface area contributed by atoms with Crippen LogP contribution in [0.5, 0.6) is 0 Å². The van der Waals surface area contributed by atoms with Crippen LogP contribution in [-0.4, -0.2) is 48.1 Å². The van der Waals surface area contributed by atoms with Crippen molar-refractivity contribution < 1.29 is 4.39 Å². The molecule has 8 nitrogen and oxygen atoms in total. The summed E-state index contributed by atoms with van der Waals surface area (Å²) in [7, 11) is -1.44. The molecule has 224 valence electrons. The van der Waals surface area contributed by atoms with Gasteiger partial charge in [0.1, 0.15) is 11.5 Å². The number of anilines is 1. The van der Waals surface area contributed by atoms with Gasteiger partial charge in [-0.15, -0.1) is 0 Å². The lowest BCUT2D eigenvalue weighted by molar-refractivity contribution is 0.625. The van der Waals surface area contributed by atoms with Gasteiger partial charge in [-0.2, -0.15) is 14.5 Å². The summed E-state index contributed by atoms with van der Waals surface area (Å²) < 4.78 is 18.0. The number of hydrogen-bond acceptors (Lipinski definition) is 6. The van der Waals surface area contributed by atoms with Crippen LogP contribution in [0.3, 0.4) is 0 Å². The van der Waals surface area contributed by atoms with Gasteiger partial charge in [0.05, 0.1) is 40.7 Å². The van der Waals surface area contributed by atoms with E-state index in [9.17, 15) is 4.39 Å². The minimum atomic E-state index is -1.44. The van der Waals surface area contributed by atoms with Crippen molar-refractivity contribution in [3.05, 3.63) is 90.9 Å². The first kappa shape index (κ1) is 29.3. The Hall–Kier alpha value is -4.80. The van der Waals surface area contributed by atoms with Crippen molar-refractivity contribution >= 4 is 48.6 Å². The number of aromatic nitrogens is 6. The maximum atomic E-state index is 14.7. The molecule has 0 unspecified atom stereocenters. The number of nitrogens with one attached hydrogen (secondary N) is 4. The topological polar surface area (TPSA) is 107 Å². The van der Waals surface area contributed by atoms with Crippen molar-refractivity contribution in [3.63, 3.8) is 0 Å². The second-order valence-corrected chi connectivity index (χ2v) is 14.1. The molecule has 0 saturated heterocycles. The van der Waals surface area contributed by atoms with Crippen LogP contribution in [0.15, 0.2) is 79.5 Å². The highest BCUT2D eigenvalue weighted by molar-refractivity contribution is 8.25. The third-order valence-corrected chi connectivity index (χ3v) is 8.13. The van der Waals surface area contributed by atoms with Crippen molar-refractivity contribution in [2.24, 2.45) is 0 Å². The highest BCUT2D eigenvalue weighted by Crippen LogP contribution is 2.34. The number of rotatable bonds is 11. The number of nitrogens with zero attached hydrogens (tertiary/aromatic N) is 4. The zero-order valence-corrected chi connectivity index (χ0v) is 25.7. The summed E-state index contributed by atoms with van der Waals surface area (Å²) >= 11 is 0. The maximum Gasteiger partial charge on any atom is 0.124 e. The van der Waals surface area contributed by atoms with Crippen LogP contribution in [0.2, 0.25) is 0 Å². The fourth-order valence-corrected chi connectivity index (χ4v) is 5.66. The molecular formula is C34H35FN8S. The molecule has 6 rings (SSSR count). The van der Waals surface area contributed by atoms with E-state index in [0.29, 0.717) is 17.8 Å². The third-order valence-electron chi connectivity index (χ3n) is 7.29. The smallest absolute Gasteiger partial charge is 0.124 e. The standard InChI is InChI=1S/C34H35FN8S/c1-6-7-8-21(2)40-26-14-24(18-36-19-26)30-15-28-32(20-38-30)42-43-34(28)31-16-27-29(41-31)9-10-37-33(27)23-11-22(12-25(35)13-23)17-39-44(3,4)5/h9-16,18-20,39-41H,2-4,6-8,17H2,1,5H3,(H,42,43). The van der Waals surface area contributed by atoms with Crippen LogP contribution in [-0.2, 0) is 6.54 Å². The van der Waals surface area contributed by atoms with Crippen molar-refractivity contribution in [1.82, 2.24) is 34.9 Å². The molecule has 0 aliphatic heterocycles. The van der Waals surface area contributed by atoms with E-state index >= 15 is 0 Å². The summed E-state index contributed by atoms with van der Waals surface area (Å²) in [5, 5.41) is 12.9. The minimum Gasteiger partial charge on any atom is -0.358 e. The molecule has 10 heteroatoms. The van der Waals surface area contributed by atoms with Crippen LogP contribution in [0.4, 0.5) is 10.1 Å². The van der Waals surface area contributed by atoms with E-state index in [0.717, 1.165) is 80.7 Å². The Kier molecular flexibility index (Phi) is 8.03. The Morgan fingerprint density at radius 2 is 1.80 bits per heavy atom. The predicted molar refractivity (Wildman–Crippen MR) is 184 cm³/mol. The van der Waals surface area contributed by atoms with Gasteiger partial charge >= 0.3 is 0 Å². The number of aromatic amines is 2. The van der Waals surface area contributed by atoms with Crippen molar-refractivity contribution in [1.29, 1.82) is 0 Å². The van der Waals surface area contributed by atoms with E-state index in [2.05, 4.69) is 65.4 Å². The van der Waals surface area contributed by atoms with E-state index < -0.39 is 9.39 Å². The monoisotopic (exact) mass is 606 g/mol. The third kappa shape index (κ3) is 6.41. The van der Waals surface area contributed by atoms with Crippen LogP contribution in [0, 0.1) is 5.82 Å². The Bertz CT molecular complexity index is 2110. The summed E-state index contributed by atoms with van der Waals surface area (Å²) in [4.78, 5) is 17.2. The summed E-state index contributed by atoms with van der Waals surface area (Å²) in [6.07, 6.45) is 12.2. The highest BCUT2D eigenvalue weighted by atomic mass is 32.2. The number of fused-ring (bicyclic) bond motifs is 2. The molecule has 0 radical (unpaired) electrons. The lowest BCUT2D eigenvalue weighted by Crippen LogP contribution is -2.08. The molecule has 6 aromatic rings. The van der Waals surface area contributed by atoms with Gasteiger partial charge in [-0.3, -0.25) is 24.8 Å². The lowest BCUT2D eigenvalue weighted by Gasteiger charge is -2.12. The number of allylic oxidation sites excluding steroid dienone is 1. The summed E-state index contributed by atoms with van der Waals surface area (Å²) in [6.45, 7) is 6.77. The quantitative estimate of drug-likeness (QED) is 0.112. The van der Waals surface area contributed by atoms with Gasteiger partial charge in [0, 0.05) is 52.1 Å². The number of hydrogen-bond donors (Lipinski definition) is 4. The van der Waals surface area contributed by atoms with Crippen molar-refractivity contribution in [2.75, 3.05) is 11.6 Å². The van der Waals surface area contributed by atoms with Crippen molar-refractivity contribution in [3.8, 4) is 33.9 Å². The number of benzene rings is 1. The van der Waals surface area contributed by atoms with Gasteiger partial charge in [0.15, 0.2) is 0 Å². The SMILES string of the molecule is C=C(CCCC)Nc1cncc(-c2cc3c(-c4cc5c(-c6cc(F)cc(CNS(=C)(=C)C)c6)nccc5[nH]4)n[nH]c3cn2)c1. The second-order valence-electron chi connectivity index (χ2n) is 11.2. The number of unbranched alkanes of at least 4 members (excludes halogenated alkanes) is 1. The molecule has 0 atom stereocenters. The molecule has 0 saturated carbocycles. The number of H-pyrrole nitrogens is 2. The molecule has 0 amide bonds. The van der Waals surface area contributed by atoms with Gasteiger partial charge in [-0.1, -0.05) is 31.7 Å². The molecule has 5 aromatic heterocycles. The fourth-order valence-electron chi connectivity index (χ4n) is 5.14. The number of pyridine rings is 3. The van der Waals surface area contributed by atoms with Crippen molar-refractivity contribution in [2.45, 2.75) is 32.7 Å². The van der Waals surface area contributed by atoms with E-state index in [1.165, 1.54) is 12.1 Å². The first-order chi connectivity index (χ1) is 21.2. The minimum absolute atomic E-state index is 0.323. The molecule has 44 heavy (non-hydrogen) atoms. The first-order valence-electron chi connectivity index (χ1n) is 14.4. The van der Waals surface area contributed by atoms with Crippen LogP contribution < -0.4 is 10.0 Å². The molecular weight excluding hydrogens is 571 g/mol. The zero-order valence-electron chi connectivity index (χ0n) is 24.9. The molecule has 1 aromatic carbocycles. The summed E-state index contributed by atoms with van der Waals surface area (Å²) in [5.74, 6) is 7.78. The second kappa shape index (κ2) is 12.1. The van der Waals surface area contributed by atoms with Crippen LogP contribution >= 0.6 is 9.39 Å². The Morgan fingerprint density at radius 1 is 0.955 bits per heavy atom. The van der Waals surface area contributed by atoms with Gasteiger partial charge in [0.25, 0.3) is 0 Å². The van der Waals surface area contributed by atoms with Crippen LogP contribution in [0.25, 0.3) is 55.7 Å².